The molecule has 1 aromatic heterocycles. The number of hydrogen-bond acceptors (Lipinski definition) is 4. The summed E-state index contributed by atoms with van der Waals surface area (Å²) in [5.41, 5.74) is 2.01. The molecule has 4 nitrogen and oxygen atoms in total. The minimum atomic E-state index is -0.216. The van der Waals surface area contributed by atoms with Crippen LogP contribution in [0.4, 0.5) is 5.69 Å². The van der Waals surface area contributed by atoms with Gasteiger partial charge in [-0.3, -0.25) is 4.79 Å². The number of anilines is 1. The zero-order valence-electron chi connectivity index (χ0n) is 9.10. The van der Waals surface area contributed by atoms with Crippen LogP contribution in [0.15, 0.2) is 24.3 Å². The van der Waals surface area contributed by atoms with E-state index in [2.05, 4.69) is 20.8 Å². The maximum atomic E-state index is 11.9. The Morgan fingerprint density at radius 1 is 1.53 bits per heavy atom. The van der Waals surface area contributed by atoms with Crippen molar-refractivity contribution in [3.8, 4) is 12.3 Å². The highest BCUT2D eigenvalue weighted by molar-refractivity contribution is 7.08. The molecule has 0 saturated carbocycles. The molecule has 0 atom stereocenters. The summed E-state index contributed by atoms with van der Waals surface area (Å²) in [5, 5.41) is 6.54. The van der Waals surface area contributed by atoms with Gasteiger partial charge in [0.15, 0.2) is 0 Å². The van der Waals surface area contributed by atoms with Gasteiger partial charge in [0, 0.05) is 11.3 Å². The highest BCUT2D eigenvalue weighted by atomic mass is 32.1. The van der Waals surface area contributed by atoms with Crippen molar-refractivity contribution in [1.82, 2.24) is 9.59 Å². The molecule has 84 valence electrons. The van der Waals surface area contributed by atoms with E-state index in [-0.39, 0.29) is 5.91 Å². The highest BCUT2D eigenvalue weighted by Crippen LogP contribution is 2.14. The molecule has 0 radical (unpaired) electrons. The summed E-state index contributed by atoms with van der Waals surface area (Å²) in [6.07, 6.45) is 5.29. The van der Waals surface area contributed by atoms with E-state index in [0.29, 0.717) is 16.3 Å². The fraction of sp³-hybridized carbons (Fsp3) is 0.0833. The van der Waals surface area contributed by atoms with Crippen LogP contribution in [-0.2, 0) is 0 Å². The van der Waals surface area contributed by atoms with Gasteiger partial charge in [0.05, 0.1) is 5.69 Å². The van der Waals surface area contributed by atoms with Gasteiger partial charge in [-0.25, -0.2) is 0 Å². The maximum absolute atomic E-state index is 11.9. The molecule has 0 unspecified atom stereocenters. The topological polar surface area (TPSA) is 54.9 Å². The Hall–Kier alpha value is -2.19. The molecule has 1 N–H and O–H groups in total. The third-order valence-corrected chi connectivity index (χ3v) is 2.97. The monoisotopic (exact) mass is 243 g/mol. The molecule has 0 spiro atoms. The van der Waals surface area contributed by atoms with Crippen molar-refractivity contribution in [3.05, 3.63) is 40.4 Å². The van der Waals surface area contributed by atoms with Crippen molar-refractivity contribution >= 4 is 23.1 Å². The Balaban J connectivity index is 2.19. The number of carbonyl (C=O) groups excluding carboxylic acids is 1. The second kappa shape index (κ2) is 4.76. The smallest absolute Gasteiger partial charge is 0.269 e. The molecule has 0 bridgehead atoms. The summed E-state index contributed by atoms with van der Waals surface area (Å²) in [6, 6.07) is 7.11. The van der Waals surface area contributed by atoms with E-state index in [1.807, 2.05) is 0 Å². The van der Waals surface area contributed by atoms with Gasteiger partial charge in [0.25, 0.3) is 5.91 Å². The Morgan fingerprint density at radius 3 is 3.00 bits per heavy atom. The van der Waals surface area contributed by atoms with Crippen LogP contribution in [0.1, 0.15) is 20.9 Å². The zero-order valence-corrected chi connectivity index (χ0v) is 9.91. The number of aromatic nitrogens is 2. The number of carbonyl (C=O) groups is 1. The van der Waals surface area contributed by atoms with Crippen molar-refractivity contribution in [2.75, 3.05) is 5.32 Å². The Labute approximate surface area is 103 Å². The fourth-order valence-corrected chi connectivity index (χ4v) is 1.87. The van der Waals surface area contributed by atoms with Gasteiger partial charge in [-0.2, -0.15) is 0 Å². The van der Waals surface area contributed by atoms with Crippen LogP contribution in [0, 0.1) is 19.3 Å². The van der Waals surface area contributed by atoms with Gasteiger partial charge in [-0.15, -0.1) is 11.5 Å². The van der Waals surface area contributed by atoms with Crippen LogP contribution in [0.2, 0.25) is 0 Å². The van der Waals surface area contributed by atoms with Gasteiger partial charge in [0.2, 0.25) is 0 Å². The van der Waals surface area contributed by atoms with Crippen molar-refractivity contribution < 1.29 is 4.79 Å². The number of hydrogen-bond donors (Lipinski definition) is 1. The van der Waals surface area contributed by atoms with Gasteiger partial charge in [-0.05, 0) is 36.7 Å². The molecule has 0 aliphatic heterocycles. The van der Waals surface area contributed by atoms with E-state index >= 15 is 0 Å². The lowest BCUT2D eigenvalue weighted by Gasteiger charge is -2.03. The van der Waals surface area contributed by atoms with Crippen LogP contribution in [0.5, 0.6) is 0 Å². The minimum absolute atomic E-state index is 0.216. The first-order valence-corrected chi connectivity index (χ1v) is 5.65. The Bertz CT molecular complexity index is 598. The third kappa shape index (κ3) is 2.49. The lowest BCUT2D eigenvalue weighted by Crippen LogP contribution is -2.11. The summed E-state index contributed by atoms with van der Waals surface area (Å²) in [7, 11) is 0. The van der Waals surface area contributed by atoms with E-state index in [9.17, 15) is 4.79 Å². The number of nitrogens with one attached hydrogen (secondary N) is 1. The zero-order chi connectivity index (χ0) is 12.3. The predicted octanol–water partition coefficient (Wildman–Crippen LogP) is 2.08. The fourth-order valence-electron chi connectivity index (χ4n) is 1.31. The summed E-state index contributed by atoms with van der Waals surface area (Å²) in [5.74, 6) is 2.30. The lowest BCUT2D eigenvalue weighted by molar-refractivity contribution is 0.103. The molecular formula is C12H9N3OS. The normalized spacial score (nSPS) is 9.65. The summed E-state index contributed by atoms with van der Waals surface area (Å²) in [6.45, 7) is 1.75. The number of amides is 1. The van der Waals surface area contributed by atoms with Gasteiger partial charge in [0.1, 0.15) is 4.88 Å². The second-order valence-electron chi connectivity index (χ2n) is 3.37. The summed E-state index contributed by atoms with van der Waals surface area (Å²) >= 11 is 1.07. The van der Waals surface area contributed by atoms with E-state index in [4.69, 9.17) is 6.42 Å². The van der Waals surface area contributed by atoms with E-state index in [1.165, 1.54) is 0 Å². The molecule has 0 fully saturated rings. The number of terminal acetylenes is 1. The maximum Gasteiger partial charge on any atom is 0.269 e. The standard InChI is InChI=1S/C12H9N3OS/c1-3-9-5-4-6-10(7-9)13-12(16)11-8(2)14-15-17-11/h1,4-7H,2H3,(H,13,16). The van der Waals surface area contributed by atoms with Crippen LogP contribution in [0.3, 0.4) is 0 Å². The summed E-state index contributed by atoms with van der Waals surface area (Å²) in [4.78, 5) is 12.4. The van der Waals surface area contributed by atoms with Crippen LogP contribution >= 0.6 is 11.5 Å². The van der Waals surface area contributed by atoms with Crippen molar-refractivity contribution in [3.63, 3.8) is 0 Å². The Morgan fingerprint density at radius 2 is 2.35 bits per heavy atom. The largest absolute Gasteiger partial charge is 0.321 e. The van der Waals surface area contributed by atoms with Crippen LogP contribution in [0.25, 0.3) is 0 Å². The molecular weight excluding hydrogens is 234 g/mol. The Kier molecular flexibility index (Phi) is 3.17. The average molecular weight is 243 g/mol. The first-order valence-electron chi connectivity index (χ1n) is 4.87. The quantitative estimate of drug-likeness (QED) is 0.822. The molecule has 2 aromatic rings. The van der Waals surface area contributed by atoms with Crippen LogP contribution in [-0.4, -0.2) is 15.5 Å². The van der Waals surface area contributed by atoms with E-state index in [0.717, 1.165) is 17.1 Å². The van der Waals surface area contributed by atoms with E-state index < -0.39 is 0 Å². The van der Waals surface area contributed by atoms with Crippen molar-refractivity contribution in [1.29, 1.82) is 0 Å². The average Bonchev–Trinajstić information content (AvgIpc) is 2.76. The predicted molar refractivity (Wildman–Crippen MR) is 67.0 cm³/mol. The second-order valence-corrected chi connectivity index (χ2v) is 4.12. The van der Waals surface area contributed by atoms with Crippen molar-refractivity contribution in [2.45, 2.75) is 6.92 Å². The van der Waals surface area contributed by atoms with E-state index in [1.54, 1.807) is 31.2 Å². The van der Waals surface area contributed by atoms with Crippen LogP contribution < -0.4 is 5.32 Å². The molecule has 5 heteroatoms. The SMILES string of the molecule is C#Cc1cccc(NC(=O)c2snnc2C)c1. The first kappa shape index (κ1) is 11.3. The molecule has 2 rings (SSSR count). The molecule has 0 aliphatic rings. The molecule has 1 amide bonds. The lowest BCUT2D eigenvalue weighted by atomic mass is 10.2. The van der Waals surface area contributed by atoms with Gasteiger partial charge in [-0.1, -0.05) is 16.5 Å². The third-order valence-electron chi connectivity index (χ3n) is 2.14. The molecule has 1 aromatic carbocycles. The number of nitrogens with zero attached hydrogens (tertiary/aromatic N) is 2. The number of benzene rings is 1. The molecule has 0 saturated heterocycles. The van der Waals surface area contributed by atoms with Crippen molar-refractivity contribution in [2.24, 2.45) is 0 Å². The van der Waals surface area contributed by atoms with Gasteiger partial charge < -0.3 is 5.32 Å². The first-order chi connectivity index (χ1) is 8.20. The van der Waals surface area contributed by atoms with Gasteiger partial charge >= 0.3 is 0 Å². The molecule has 17 heavy (non-hydrogen) atoms. The number of aryl methyl sites for hydroxylation is 1. The minimum Gasteiger partial charge on any atom is -0.321 e. The molecule has 1 heterocycles. The molecule has 0 aliphatic carbocycles. The number of rotatable bonds is 2. The summed E-state index contributed by atoms with van der Waals surface area (Å²) < 4.78 is 3.72. The highest BCUT2D eigenvalue weighted by Gasteiger charge is 2.12.